The van der Waals surface area contributed by atoms with E-state index in [1.807, 2.05) is 19.1 Å². The van der Waals surface area contributed by atoms with Crippen LogP contribution in [0.15, 0.2) is 24.3 Å². The quantitative estimate of drug-likeness (QED) is 0.397. The molecule has 34 heavy (non-hydrogen) atoms. The highest BCUT2D eigenvalue weighted by molar-refractivity contribution is 8.01. The number of nitrogens with zero attached hydrogens (tertiary/aromatic N) is 2. The minimum atomic E-state index is -2.70. The molecule has 1 fully saturated rings. The molecule has 1 aromatic carbocycles. The third kappa shape index (κ3) is 8.06. The van der Waals surface area contributed by atoms with Gasteiger partial charge >= 0.3 is 5.97 Å². The molecule has 0 radical (unpaired) electrons. The monoisotopic (exact) mass is 498 g/mol. The van der Waals surface area contributed by atoms with Crippen LogP contribution in [0.25, 0.3) is 0 Å². The molecule has 0 aromatic heterocycles. The topological polar surface area (TPSA) is 121 Å². The predicted molar refractivity (Wildman–Crippen MR) is 122 cm³/mol. The maximum Gasteiger partial charge on any atom is 0.343 e. The molecule has 9 nitrogen and oxygen atoms in total. The molecule has 1 aromatic rings. The second-order valence-electron chi connectivity index (χ2n) is 7.37. The Morgan fingerprint density at radius 3 is 2.76 bits per heavy atom. The van der Waals surface area contributed by atoms with Crippen molar-refractivity contribution in [1.82, 2.24) is 10.2 Å². The van der Waals surface area contributed by atoms with E-state index in [1.54, 1.807) is 23.1 Å². The van der Waals surface area contributed by atoms with Gasteiger partial charge in [-0.1, -0.05) is 6.07 Å². The summed E-state index contributed by atoms with van der Waals surface area (Å²) in [5.41, 5.74) is 0.752. The van der Waals surface area contributed by atoms with Gasteiger partial charge < -0.3 is 25.0 Å². The summed E-state index contributed by atoms with van der Waals surface area (Å²) in [4.78, 5) is 37.7. The molecule has 0 aliphatic carbocycles. The lowest BCUT2D eigenvalue weighted by Crippen LogP contribution is -2.39. The fourth-order valence-corrected chi connectivity index (χ4v) is 4.94. The number of esters is 1. The number of ether oxygens (including phenoxy) is 2. The summed E-state index contributed by atoms with van der Waals surface area (Å²) in [6.45, 7) is 1.69. The van der Waals surface area contributed by atoms with Crippen LogP contribution in [-0.4, -0.2) is 73.1 Å². The number of halogens is 2. The van der Waals surface area contributed by atoms with Crippen LogP contribution in [0, 0.1) is 17.2 Å². The zero-order chi connectivity index (χ0) is 25.1. The van der Waals surface area contributed by atoms with Crippen LogP contribution in [0.1, 0.15) is 19.8 Å². The number of methoxy groups -OCH3 is 1. The lowest BCUT2D eigenvalue weighted by atomic mass is 10.1. The van der Waals surface area contributed by atoms with Crippen molar-refractivity contribution >= 4 is 35.2 Å². The first kappa shape index (κ1) is 27.2. The Balaban J connectivity index is 1.89. The number of anilines is 1. The number of benzene rings is 1. The summed E-state index contributed by atoms with van der Waals surface area (Å²) in [5.74, 6) is -1.96. The van der Waals surface area contributed by atoms with Crippen molar-refractivity contribution in [2.45, 2.75) is 36.8 Å². The van der Waals surface area contributed by atoms with Gasteiger partial charge in [0.25, 0.3) is 6.43 Å². The van der Waals surface area contributed by atoms with E-state index in [2.05, 4.69) is 15.4 Å². The number of hydrogen-bond acceptors (Lipinski definition) is 8. The van der Waals surface area contributed by atoms with E-state index in [9.17, 15) is 28.4 Å². The molecule has 2 rings (SSSR count). The van der Waals surface area contributed by atoms with Crippen LogP contribution in [-0.2, 0) is 19.1 Å². The number of nitriles is 1. The lowest BCUT2D eigenvalue weighted by Gasteiger charge is -2.23. The molecule has 0 spiro atoms. The van der Waals surface area contributed by atoms with Crippen LogP contribution in [0.2, 0.25) is 0 Å². The Labute approximate surface area is 201 Å². The maximum absolute atomic E-state index is 12.8. The van der Waals surface area contributed by atoms with Crippen LogP contribution < -0.4 is 15.4 Å². The Morgan fingerprint density at radius 2 is 2.12 bits per heavy atom. The van der Waals surface area contributed by atoms with E-state index in [1.165, 1.54) is 18.9 Å². The molecule has 186 valence electrons. The second kappa shape index (κ2) is 13.6. The van der Waals surface area contributed by atoms with Crippen molar-refractivity contribution < 1.29 is 32.6 Å². The highest BCUT2D eigenvalue weighted by Gasteiger charge is 2.40. The van der Waals surface area contributed by atoms with Crippen molar-refractivity contribution in [2.75, 3.05) is 38.7 Å². The van der Waals surface area contributed by atoms with Crippen molar-refractivity contribution in [2.24, 2.45) is 5.92 Å². The third-order valence-corrected chi connectivity index (χ3v) is 6.59. The summed E-state index contributed by atoms with van der Waals surface area (Å²) in [6, 6.07) is 8.88. The van der Waals surface area contributed by atoms with Crippen molar-refractivity contribution in [3.63, 3.8) is 0 Å². The summed E-state index contributed by atoms with van der Waals surface area (Å²) >= 11 is 1.37. The molecule has 1 heterocycles. The Morgan fingerprint density at radius 1 is 1.35 bits per heavy atom. The molecule has 1 aliphatic heterocycles. The van der Waals surface area contributed by atoms with E-state index in [4.69, 9.17) is 4.74 Å². The van der Waals surface area contributed by atoms with Crippen molar-refractivity contribution in [1.29, 1.82) is 5.26 Å². The Bertz CT molecular complexity index is 898. The van der Waals surface area contributed by atoms with E-state index < -0.39 is 30.8 Å². The number of hydrogen-bond donors (Lipinski definition) is 2. The van der Waals surface area contributed by atoms with Gasteiger partial charge in [0.05, 0.1) is 30.3 Å². The first-order valence-corrected chi connectivity index (χ1v) is 11.7. The maximum atomic E-state index is 12.8. The number of alkyl halides is 2. The molecule has 1 saturated heterocycles. The average molecular weight is 499 g/mol. The van der Waals surface area contributed by atoms with Gasteiger partial charge in [-0.25, -0.2) is 13.6 Å². The standard InChI is InChI=1S/C22H28F2N4O5S/c1-3-28-19(9-14(11-25)21(30)27-12-18(23)24)34-17(22(28)31)7-8-26-15-5-4-6-16(10-15)33-13-20(29)32-2/h4-6,10,14,17-19,26H,3,7-9,12-13H2,1-2H3,(H,27,30). The number of rotatable bonds is 13. The summed E-state index contributed by atoms with van der Waals surface area (Å²) in [5, 5.41) is 13.9. The van der Waals surface area contributed by atoms with Crippen LogP contribution in [0.3, 0.4) is 0 Å². The lowest BCUT2D eigenvalue weighted by molar-refractivity contribution is -0.143. The second-order valence-corrected chi connectivity index (χ2v) is 8.75. The fraction of sp³-hybridized carbons (Fsp3) is 0.545. The first-order chi connectivity index (χ1) is 16.3. The van der Waals surface area contributed by atoms with Gasteiger partial charge in [-0.05, 0) is 25.5 Å². The van der Waals surface area contributed by atoms with E-state index >= 15 is 0 Å². The smallest absolute Gasteiger partial charge is 0.343 e. The van der Waals surface area contributed by atoms with Gasteiger partial charge in [-0.15, -0.1) is 11.8 Å². The van der Waals surface area contributed by atoms with Gasteiger partial charge in [0.15, 0.2) is 6.61 Å². The van der Waals surface area contributed by atoms with Crippen molar-refractivity contribution in [3.8, 4) is 11.8 Å². The van der Waals surface area contributed by atoms with Gasteiger partial charge in [0, 0.05) is 31.3 Å². The number of amides is 2. The zero-order valence-corrected chi connectivity index (χ0v) is 19.8. The zero-order valence-electron chi connectivity index (χ0n) is 19.0. The summed E-state index contributed by atoms with van der Waals surface area (Å²) in [7, 11) is 1.28. The summed E-state index contributed by atoms with van der Waals surface area (Å²) in [6.07, 6.45) is -2.13. The molecule has 2 N–H and O–H groups in total. The van der Waals surface area contributed by atoms with E-state index in [-0.39, 0.29) is 29.6 Å². The Hall–Kier alpha value is -3.07. The predicted octanol–water partition coefficient (Wildman–Crippen LogP) is 2.24. The fourth-order valence-electron chi connectivity index (χ4n) is 3.35. The minimum Gasteiger partial charge on any atom is -0.482 e. The number of carbonyl (C=O) groups excluding carboxylic acids is 3. The number of thioether (sulfide) groups is 1. The van der Waals surface area contributed by atoms with Crippen molar-refractivity contribution in [3.05, 3.63) is 24.3 Å². The highest BCUT2D eigenvalue weighted by atomic mass is 32.2. The van der Waals surface area contributed by atoms with Gasteiger partial charge in [0.2, 0.25) is 11.8 Å². The van der Waals surface area contributed by atoms with E-state index in [0.717, 1.165) is 5.69 Å². The SMILES string of the molecule is CCN1C(=O)C(CCNc2cccc(OCC(=O)OC)c2)SC1CC(C#N)C(=O)NCC(F)F. The molecule has 12 heteroatoms. The van der Waals surface area contributed by atoms with E-state index in [0.29, 0.717) is 25.3 Å². The first-order valence-electron chi connectivity index (χ1n) is 10.7. The van der Waals surface area contributed by atoms with Crippen LogP contribution in [0.4, 0.5) is 14.5 Å². The number of nitrogens with one attached hydrogen (secondary N) is 2. The molecule has 0 bridgehead atoms. The third-order valence-electron chi connectivity index (χ3n) is 5.06. The molecular formula is C22H28F2N4O5S. The normalized spacial score (nSPS) is 18.4. The number of carbonyl (C=O) groups is 3. The largest absolute Gasteiger partial charge is 0.482 e. The molecule has 0 saturated carbocycles. The minimum absolute atomic E-state index is 0.0688. The molecule has 1 aliphatic rings. The highest BCUT2D eigenvalue weighted by Crippen LogP contribution is 2.37. The van der Waals surface area contributed by atoms with Crippen LogP contribution >= 0.6 is 11.8 Å². The molecule has 2 amide bonds. The Kier molecular flexibility index (Phi) is 10.9. The van der Waals surface area contributed by atoms with Gasteiger partial charge in [-0.3, -0.25) is 9.59 Å². The molecule has 3 unspecified atom stereocenters. The average Bonchev–Trinajstić information content (AvgIpc) is 3.13. The van der Waals surface area contributed by atoms with Gasteiger partial charge in [-0.2, -0.15) is 5.26 Å². The molecular weight excluding hydrogens is 470 g/mol. The summed E-state index contributed by atoms with van der Waals surface area (Å²) < 4.78 is 34.6. The molecule has 3 atom stereocenters. The van der Waals surface area contributed by atoms with Gasteiger partial charge in [0.1, 0.15) is 11.7 Å². The van der Waals surface area contributed by atoms with Crippen LogP contribution in [0.5, 0.6) is 5.75 Å².